The number of nitrogens with zero attached hydrogens (tertiary/aromatic N) is 1. The number of fused-ring (bicyclic) bond motifs is 3. The first-order valence-electron chi connectivity index (χ1n) is 11.4. The lowest BCUT2D eigenvalue weighted by Crippen LogP contribution is -2.47. The number of nitrogens with one attached hydrogen (secondary N) is 2. The van der Waals surface area contributed by atoms with Crippen LogP contribution in [0.4, 0.5) is 4.79 Å². The minimum absolute atomic E-state index is 0.0629. The van der Waals surface area contributed by atoms with Gasteiger partial charge in [-0.05, 0) is 53.3 Å². The zero-order valence-corrected chi connectivity index (χ0v) is 19.4. The van der Waals surface area contributed by atoms with Crippen LogP contribution < -0.4 is 10.6 Å². The van der Waals surface area contributed by atoms with Crippen molar-refractivity contribution in [2.75, 3.05) is 6.61 Å². The largest absolute Gasteiger partial charge is 0.481 e. The van der Waals surface area contributed by atoms with Crippen molar-refractivity contribution in [1.82, 2.24) is 15.6 Å². The highest BCUT2D eigenvalue weighted by atomic mass is 16.5. The molecule has 0 bridgehead atoms. The highest BCUT2D eigenvalue weighted by molar-refractivity contribution is 5.86. The van der Waals surface area contributed by atoms with E-state index in [0.717, 1.165) is 27.8 Å². The number of aliphatic carboxylic acids is 1. The number of amides is 2. The number of carboxylic acid groups (broad SMARTS) is 1. The van der Waals surface area contributed by atoms with Crippen LogP contribution >= 0.6 is 0 Å². The van der Waals surface area contributed by atoms with Gasteiger partial charge in [0.2, 0.25) is 5.91 Å². The topological polar surface area (TPSA) is 118 Å². The van der Waals surface area contributed by atoms with E-state index in [1.165, 1.54) is 0 Å². The van der Waals surface area contributed by atoms with Crippen molar-refractivity contribution >= 4 is 18.0 Å². The first-order chi connectivity index (χ1) is 16.9. The van der Waals surface area contributed by atoms with Crippen LogP contribution in [0.1, 0.15) is 41.1 Å². The molecule has 0 fully saturated rings. The number of ether oxygens (including phenoxy) is 1. The third-order valence-corrected chi connectivity index (χ3v) is 6.01. The molecule has 0 radical (unpaired) electrons. The summed E-state index contributed by atoms with van der Waals surface area (Å²) in [4.78, 5) is 40.6. The molecule has 2 aromatic carbocycles. The minimum atomic E-state index is -1.06. The van der Waals surface area contributed by atoms with Crippen molar-refractivity contribution in [1.29, 1.82) is 0 Å². The third kappa shape index (κ3) is 5.84. The lowest BCUT2D eigenvalue weighted by atomic mass is 9.98. The Kier molecular flexibility index (Phi) is 7.40. The monoisotopic (exact) mass is 473 g/mol. The maximum Gasteiger partial charge on any atom is 0.407 e. The standard InChI is InChI=1S/C27H27N3O5/c1-17-12-13-28-18(14-17)15-29-26(33)24(10-11-25(31)32)30-27(34)35-16-23-21-8-4-2-6-19(21)20-7-3-5-9-22(20)23/h2-9,12-14,23-24H,10-11,15-16H2,1H3,(H,29,33)(H,30,34)(H,31,32). The van der Waals surface area contributed by atoms with Gasteiger partial charge in [0.15, 0.2) is 0 Å². The molecule has 35 heavy (non-hydrogen) atoms. The number of rotatable bonds is 9. The van der Waals surface area contributed by atoms with Crippen LogP contribution in [0.3, 0.4) is 0 Å². The highest BCUT2D eigenvalue weighted by Crippen LogP contribution is 2.44. The van der Waals surface area contributed by atoms with Crippen LogP contribution in [-0.4, -0.2) is 40.7 Å². The average molecular weight is 474 g/mol. The first kappa shape index (κ1) is 23.9. The Hall–Kier alpha value is -4.20. The summed E-state index contributed by atoms with van der Waals surface area (Å²) >= 11 is 0. The summed E-state index contributed by atoms with van der Waals surface area (Å²) in [7, 11) is 0. The molecular formula is C27H27N3O5. The van der Waals surface area contributed by atoms with Crippen LogP contribution in [0, 0.1) is 6.92 Å². The van der Waals surface area contributed by atoms with Crippen molar-refractivity contribution < 1.29 is 24.2 Å². The Bertz CT molecular complexity index is 1200. The van der Waals surface area contributed by atoms with E-state index in [2.05, 4.69) is 15.6 Å². The van der Waals surface area contributed by atoms with Gasteiger partial charge in [0.05, 0.1) is 12.2 Å². The molecule has 1 aliphatic rings. The summed E-state index contributed by atoms with van der Waals surface area (Å²) < 4.78 is 5.52. The number of aromatic nitrogens is 1. The molecule has 1 heterocycles. The first-order valence-corrected chi connectivity index (χ1v) is 11.4. The molecule has 1 unspecified atom stereocenters. The number of carboxylic acids is 1. The van der Waals surface area contributed by atoms with E-state index in [0.29, 0.717) is 5.69 Å². The molecule has 1 aromatic heterocycles. The van der Waals surface area contributed by atoms with Crippen molar-refractivity contribution in [2.45, 2.75) is 38.3 Å². The number of hydrogen-bond donors (Lipinski definition) is 3. The Labute approximate surface area is 203 Å². The quantitative estimate of drug-likeness (QED) is 0.435. The molecule has 4 rings (SSSR count). The fourth-order valence-corrected chi connectivity index (χ4v) is 4.32. The Balaban J connectivity index is 1.39. The summed E-state index contributed by atoms with van der Waals surface area (Å²) in [5, 5.41) is 14.3. The smallest absolute Gasteiger partial charge is 0.407 e. The summed E-state index contributed by atoms with van der Waals surface area (Å²) in [6, 6.07) is 18.6. The van der Waals surface area contributed by atoms with Crippen LogP contribution in [-0.2, 0) is 20.9 Å². The summed E-state index contributed by atoms with van der Waals surface area (Å²) in [5.74, 6) is -1.67. The number of aryl methyl sites for hydroxylation is 1. The van der Waals surface area contributed by atoms with Gasteiger partial charge in [0.1, 0.15) is 12.6 Å². The van der Waals surface area contributed by atoms with E-state index >= 15 is 0 Å². The van der Waals surface area contributed by atoms with Gasteiger partial charge >= 0.3 is 12.1 Å². The number of benzene rings is 2. The lowest BCUT2D eigenvalue weighted by molar-refractivity contribution is -0.137. The molecule has 0 saturated heterocycles. The number of hydrogen-bond acceptors (Lipinski definition) is 5. The van der Waals surface area contributed by atoms with E-state index in [1.54, 1.807) is 6.20 Å². The van der Waals surface area contributed by atoms with Crippen molar-refractivity contribution in [2.24, 2.45) is 0 Å². The van der Waals surface area contributed by atoms with E-state index in [4.69, 9.17) is 9.84 Å². The van der Waals surface area contributed by atoms with Gasteiger partial charge in [-0.15, -0.1) is 0 Å². The van der Waals surface area contributed by atoms with E-state index in [1.807, 2.05) is 67.6 Å². The fourth-order valence-electron chi connectivity index (χ4n) is 4.32. The zero-order valence-electron chi connectivity index (χ0n) is 19.4. The van der Waals surface area contributed by atoms with Gasteiger partial charge < -0.3 is 20.5 Å². The minimum Gasteiger partial charge on any atom is -0.481 e. The number of alkyl carbamates (subject to hydrolysis) is 1. The average Bonchev–Trinajstić information content (AvgIpc) is 3.17. The van der Waals surface area contributed by atoms with Gasteiger partial charge in [-0.1, -0.05) is 48.5 Å². The molecule has 180 valence electrons. The Morgan fingerprint density at radius 1 is 1.03 bits per heavy atom. The molecule has 3 N–H and O–H groups in total. The maximum atomic E-state index is 12.7. The predicted octanol–water partition coefficient (Wildman–Crippen LogP) is 3.78. The van der Waals surface area contributed by atoms with Gasteiger partial charge in [0, 0.05) is 18.5 Å². The number of carbonyl (C=O) groups is 3. The third-order valence-electron chi connectivity index (χ3n) is 6.01. The van der Waals surface area contributed by atoms with Crippen LogP contribution in [0.2, 0.25) is 0 Å². The van der Waals surface area contributed by atoms with E-state index < -0.39 is 24.0 Å². The fraction of sp³-hybridized carbons (Fsp3) is 0.259. The molecule has 0 spiro atoms. The van der Waals surface area contributed by atoms with Crippen LogP contribution in [0.5, 0.6) is 0 Å². The highest BCUT2D eigenvalue weighted by Gasteiger charge is 2.30. The van der Waals surface area contributed by atoms with Crippen molar-refractivity contribution in [3.63, 3.8) is 0 Å². The second-order valence-electron chi connectivity index (χ2n) is 8.50. The van der Waals surface area contributed by atoms with E-state index in [-0.39, 0.29) is 31.9 Å². The van der Waals surface area contributed by atoms with E-state index in [9.17, 15) is 14.4 Å². The van der Waals surface area contributed by atoms with Gasteiger partial charge in [-0.3, -0.25) is 14.6 Å². The van der Waals surface area contributed by atoms with Crippen LogP contribution in [0.15, 0.2) is 66.9 Å². The van der Waals surface area contributed by atoms with Crippen LogP contribution in [0.25, 0.3) is 11.1 Å². The summed E-state index contributed by atoms with van der Waals surface area (Å²) in [6.07, 6.45) is 0.538. The normalized spacial score (nSPS) is 12.8. The number of pyridine rings is 1. The SMILES string of the molecule is Cc1ccnc(CNC(=O)C(CCC(=O)O)NC(=O)OCC2c3ccccc3-c3ccccc32)c1. The molecule has 8 heteroatoms. The Morgan fingerprint density at radius 3 is 2.31 bits per heavy atom. The summed E-state index contributed by atoms with van der Waals surface area (Å²) in [6.45, 7) is 2.18. The maximum absolute atomic E-state index is 12.7. The predicted molar refractivity (Wildman–Crippen MR) is 130 cm³/mol. The molecule has 0 saturated carbocycles. The molecule has 3 aromatic rings. The van der Waals surface area contributed by atoms with Gasteiger partial charge in [-0.25, -0.2) is 4.79 Å². The van der Waals surface area contributed by atoms with Gasteiger partial charge in [0.25, 0.3) is 0 Å². The number of carbonyl (C=O) groups excluding carboxylic acids is 2. The van der Waals surface area contributed by atoms with Gasteiger partial charge in [-0.2, -0.15) is 0 Å². The zero-order chi connectivity index (χ0) is 24.8. The lowest BCUT2D eigenvalue weighted by Gasteiger charge is -2.19. The molecule has 2 amide bonds. The molecule has 0 aliphatic heterocycles. The van der Waals surface area contributed by atoms with Crippen molar-refractivity contribution in [3.8, 4) is 11.1 Å². The second kappa shape index (κ2) is 10.8. The molecule has 8 nitrogen and oxygen atoms in total. The van der Waals surface area contributed by atoms with Crippen molar-refractivity contribution in [3.05, 3.63) is 89.2 Å². The molecular weight excluding hydrogens is 446 g/mol. The Morgan fingerprint density at radius 2 is 1.69 bits per heavy atom. The summed E-state index contributed by atoms with van der Waals surface area (Å²) in [5.41, 5.74) is 6.04. The molecule has 1 atom stereocenters. The molecule has 1 aliphatic carbocycles. The second-order valence-corrected chi connectivity index (χ2v) is 8.50.